The Morgan fingerprint density at radius 1 is 1.33 bits per heavy atom. The van der Waals surface area contributed by atoms with Gasteiger partial charge in [-0.25, -0.2) is 0 Å². The lowest BCUT2D eigenvalue weighted by Crippen LogP contribution is -2.45. The second-order valence-corrected chi connectivity index (χ2v) is 6.17. The van der Waals surface area contributed by atoms with Crippen molar-refractivity contribution in [2.24, 2.45) is 5.92 Å². The maximum absolute atomic E-state index is 12.3. The Morgan fingerprint density at radius 3 is 2.58 bits per heavy atom. The van der Waals surface area contributed by atoms with Gasteiger partial charge in [0, 0.05) is 24.7 Å². The Bertz CT molecular complexity index is 694. The minimum absolute atomic E-state index is 0.113. The number of anilines is 1. The molecule has 1 aliphatic rings. The van der Waals surface area contributed by atoms with E-state index in [2.05, 4.69) is 5.32 Å². The van der Waals surface area contributed by atoms with Crippen LogP contribution in [0.5, 0.6) is 11.5 Å². The fourth-order valence-corrected chi connectivity index (χ4v) is 2.56. The minimum atomic E-state index is -0.961. The normalized spacial score (nSPS) is 17.4. The number of nitriles is 1. The van der Waals surface area contributed by atoms with Crippen LogP contribution in [0.15, 0.2) is 18.2 Å². The first-order valence-electron chi connectivity index (χ1n) is 7.57. The highest BCUT2D eigenvalue weighted by Gasteiger charge is 2.37. The van der Waals surface area contributed by atoms with Gasteiger partial charge in [-0.1, -0.05) is 0 Å². The zero-order chi connectivity index (χ0) is 17.9. The van der Waals surface area contributed by atoms with E-state index in [1.165, 1.54) is 14.2 Å². The van der Waals surface area contributed by atoms with Gasteiger partial charge in [0.25, 0.3) is 0 Å². The van der Waals surface area contributed by atoms with Gasteiger partial charge in [-0.2, -0.15) is 5.26 Å². The Hall–Kier alpha value is -2.75. The third-order valence-electron chi connectivity index (χ3n) is 3.89. The third-order valence-corrected chi connectivity index (χ3v) is 3.89. The molecule has 7 heteroatoms. The summed E-state index contributed by atoms with van der Waals surface area (Å²) in [5.41, 5.74) is -0.316. The largest absolute Gasteiger partial charge is 0.493 e. The van der Waals surface area contributed by atoms with Crippen LogP contribution in [0.25, 0.3) is 0 Å². The fraction of sp³-hybridized carbons (Fsp3) is 0.471. The molecule has 1 unspecified atom stereocenters. The van der Waals surface area contributed by atoms with Crippen molar-refractivity contribution < 1.29 is 19.1 Å². The van der Waals surface area contributed by atoms with Crippen molar-refractivity contribution in [1.82, 2.24) is 5.32 Å². The van der Waals surface area contributed by atoms with Crippen LogP contribution < -0.4 is 19.7 Å². The first-order valence-corrected chi connectivity index (χ1v) is 7.57. The van der Waals surface area contributed by atoms with E-state index in [1.807, 2.05) is 6.07 Å². The molecule has 0 aromatic heterocycles. The number of hydrogen-bond acceptors (Lipinski definition) is 5. The molecule has 1 aromatic rings. The lowest BCUT2D eigenvalue weighted by atomic mass is 10.0. The number of amides is 2. The van der Waals surface area contributed by atoms with Gasteiger partial charge in [-0.05, 0) is 26.0 Å². The SMILES string of the molecule is COc1ccc(N2CC(C(=O)NC(C)(C)C#N)CC2=O)cc1OC. The van der Waals surface area contributed by atoms with E-state index in [0.717, 1.165) is 0 Å². The Morgan fingerprint density at radius 2 is 2.00 bits per heavy atom. The van der Waals surface area contributed by atoms with Crippen molar-refractivity contribution in [1.29, 1.82) is 5.26 Å². The summed E-state index contributed by atoms with van der Waals surface area (Å²) in [5, 5.41) is 11.7. The number of carbonyl (C=O) groups is 2. The van der Waals surface area contributed by atoms with Crippen molar-refractivity contribution in [3.05, 3.63) is 18.2 Å². The average Bonchev–Trinajstić information content (AvgIpc) is 2.95. The standard InChI is InChI=1S/C17H21N3O4/c1-17(2,10-18)19-16(22)11-7-15(21)20(9-11)12-5-6-13(23-3)14(8-12)24-4/h5-6,8,11H,7,9H2,1-4H3,(H,19,22). The number of carbonyl (C=O) groups excluding carboxylic acids is 2. The highest BCUT2D eigenvalue weighted by molar-refractivity contribution is 6.00. The lowest BCUT2D eigenvalue weighted by Gasteiger charge is -2.21. The molecule has 1 fully saturated rings. The van der Waals surface area contributed by atoms with Gasteiger partial charge in [0.1, 0.15) is 5.54 Å². The molecule has 128 valence electrons. The van der Waals surface area contributed by atoms with Crippen LogP contribution in [0.1, 0.15) is 20.3 Å². The molecular formula is C17H21N3O4. The van der Waals surface area contributed by atoms with Crippen molar-refractivity contribution in [2.75, 3.05) is 25.7 Å². The number of nitrogens with one attached hydrogen (secondary N) is 1. The second kappa shape index (κ2) is 6.79. The van der Waals surface area contributed by atoms with Crippen molar-refractivity contribution in [2.45, 2.75) is 25.8 Å². The van der Waals surface area contributed by atoms with E-state index in [0.29, 0.717) is 17.2 Å². The van der Waals surface area contributed by atoms with Gasteiger partial charge in [-0.3, -0.25) is 9.59 Å². The number of hydrogen-bond donors (Lipinski definition) is 1. The number of nitrogens with zero attached hydrogens (tertiary/aromatic N) is 2. The van der Waals surface area contributed by atoms with Crippen molar-refractivity contribution >= 4 is 17.5 Å². The molecule has 2 rings (SSSR count). The topological polar surface area (TPSA) is 91.7 Å². The summed E-state index contributed by atoms with van der Waals surface area (Å²) >= 11 is 0. The molecule has 2 amide bonds. The molecule has 24 heavy (non-hydrogen) atoms. The van der Waals surface area contributed by atoms with Crippen LogP contribution in [0, 0.1) is 17.2 Å². The van der Waals surface area contributed by atoms with E-state index >= 15 is 0 Å². The molecule has 0 aliphatic carbocycles. The van der Waals surface area contributed by atoms with Crippen molar-refractivity contribution in [3.63, 3.8) is 0 Å². The van der Waals surface area contributed by atoms with E-state index in [4.69, 9.17) is 14.7 Å². The monoisotopic (exact) mass is 331 g/mol. The molecule has 1 N–H and O–H groups in total. The second-order valence-electron chi connectivity index (χ2n) is 6.17. The number of ether oxygens (including phenoxy) is 2. The molecule has 7 nitrogen and oxygen atoms in total. The molecule has 0 spiro atoms. The summed E-state index contributed by atoms with van der Waals surface area (Å²) in [6, 6.07) is 7.19. The Labute approximate surface area is 141 Å². The predicted octanol–water partition coefficient (Wildman–Crippen LogP) is 1.48. The van der Waals surface area contributed by atoms with Gasteiger partial charge < -0.3 is 19.7 Å². The van der Waals surface area contributed by atoms with Crippen LogP contribution in [0.2, 0.25) is 0 Å². The highest BCUT2D eigenvalue weighted by atomic mass is 16.5. The number of methoxy groups -OCH3 is 2. The summed E-state index contributed by atoms with van der Waals surface area (Å²) in [6.45, 7) is 3.50. The predicted molar refractivity (Wildman–Crippen MR) is 87.8 cm³/mol. The van der Waals surface area contributed by atoms with Crippen LogP contribution in [-0.2, 0) is 9.59 Å². The smallest absolute Gasteiger partial charge is 0.227 e. The van der Waals surface area contributed by atoms with Crippen LogP contribution in [-0.4, -0.2) is 38.1 Å². The third kappa shape index (κ3) is 3.59. The lowest BCUT2D eigenvalue weighted by molar-refractivity contribution is -0.127. The minimum Gasteiger partial charge on any atom is -0.493 e. The summed E-state index contributed by atoms with van der Waals surface area (Å²) in [6.07, 6.45) is 0.113. The van der Waals surface area contributed by atoms with Crippen LogP contribution in [0.3, 0.4) is 0 Å². The zero-order valence-electron chi connectivity index (χ0n) is 14.3. The number of benzene rings is 1. The van der Waals surface area contributed by atoms with E-state index in [-0.39, 0.29) is 24.8 Å². The number of rotatable bonds is 5. The molecule has 1 saturated heterocycles. The van der Waals surface area contributed by atoms with Crippen LogP contribution >= 0.6 is 0 Å². The summed E-state index contributed by atoms with van der Waals surface area (Å²) in [5.74, 6) is 0.160. The molecule has 0 bridgehead atoms. The first-order chi connectivity index (χ1) is 11.3. The van der Waals surface area contributed by atoms with Gasteiger partial charge >= 0.3 is 0 Å². The molecule has 1 aliphatic heterocycles. The average molecular weight is 331 g/mol. The highest BCUT2D eigenvalue weighted by Crippen LogP contribution is 2.34. The quantitative estimate of drug-likeness (QED) is 0.882. The van der Waals surface area contributed by atoms with Gasteiger partial charge in [0.15, 0.2) is 11.5 Å². The van der Waals surface area contributed by atoms with Gasteiger partial charge in [0.05, 0.1) is 26.2 Å². The molecule has 1 aromatic carbocycles. The van der Waals surface area contributed by atoms with Crippen molar-refractivity contribution in [3.8, 4) is 17.6 Å². The van der Waals surface area contributed by atoms with E-state index < -0.39 is 11.5 Å². The molecule has 0 saturated carbocycles. The van der Waals surface area contributed by atoms with E-state index in [9.17, 15) is 9.59 Å². The van der Waals surface area contributed by atoms with E-state index in [1.54, 1.807) is 36.9 Å². The molecule has 0 radical (unpaired) electrons. The zero-order valence-corrected chi connectivity index (χ0v) is 14.3. The summed E-state index contributed by atoms with van der Waals surface area (Å²) in [7, 11) is 3.06. The van der Waals surface area contributed by atoms with Crippen LogP contribution in [0.4, 0.5) is 5.69 Å². The molecule has 1 atom stereocenters. The molecular weight excluding hydrogens is 310 g/mol. The Kier molecular flexibility index (Phi) is 4.98. The summed E-state index contributed by atoms with van der Waals surface area (Å²) < 4.78 is 10.4. The van der Waals surface area contributed by atoms with Gasteiger partial charge in [0.2, 0.25) is 11.8 Å². The Balaban J connectivity index is 2.16. The maximum Gasteiger partial charge on any atom is 0.227 e. The van der Waals surface area contributed by atoms with Gasteiger partial charge in [-0.15, -0.1) is 0 Å². The fourth-order valence-electron chi connectivity index (χ4n) is 2.56. The molecule has 1 heterocycles. The summed E-state index contributed by atoms with van der Waals surface area (Å²) in [4.78, 5) is 26.1. The maximum atomic E-state index is 12.3. The first kappa shape index (κ1) is 17.6.